The van der Waals surface area contributed by atoms with Crippen LogP contribution >= 0.6 is 15.9 Å². The summed E-state index contributed by atoms with van der Waals surface area (Å²) < 4.78 is 46.3. The van der Waals surface area contributed by atoms with E-state index >= 15 is 0 Å². The van der Waals surface area contributed by atoms with Crippen molar-refractivity contribution in [3.63, 3.8) is 0 Å². The molecule has 0 spiro atoms. The number of rotatable bonds is 5. The van der Waals surface area contributed by atoms with Crippen LogP contribution in [-0.2, 0) is 0 Å². The molecule has 3 nitrogen and oxygen atoms in total. The van der Waals surface area contributed by atoms with E-state index in [2.05, 4.69) is 160 Å². The summed E-state index contributed by atoms with van der Waals surface area (Å²) >= 11 is 3.89. The molecular weight excluding hydrogens is 783 g/mol. The number of para-hydroxylation sites is 3. The Morgan fingerprint density at radius 1 is 0.525 bits per heavy atom. The van der Waals surface area contributed by atoms with E-state index in [1.807, 2.05) is 47.0 Å². The molecule has 0 N–H and O–H groups in total. The first-order valence-electron chi connectivity index (χ1n) is 21.7. The largest absolute Gasteiger partial charge is 0.456 e. The molecule has 0 fully saturated rings. The van der Waals surface area contributed by atoms with Gasteiger partial charge >= 0.3 is 0 Å². The summed E-state index contributed by atoms with van der Waals surface area (Å²) in [6, 6.07) is 62.3. The van der Waals surface area contributed by atoms with Crippen LogP contribution in [0.4, 0.5) is 17.1 Å². The molecule has 12 rings (SSSR count). The number of ether oxygens (including phenoxy) is 1. The van der Waals surface area contributed by atoms with Crippen LogP contribution in [0.5, 0.6) is 11.5 Å². The molecule has 0 saturated carbocycles. The van der Waals surface area contributed by atoms with Gasteiger partial charge in [0, 0.05) is 43.4 Å². The highest BCUT2D eigenvalue weighted by Crippen LogP contribution is 2.50. The van der Waals surface area contributed by atoms with Crippen LogP contribution in [0, 0.1) is 0 Å². The van der Waals surface area contributed by atoms with Crippen molar-refractivity contribution >= 4 is 77.9 Å². The molecule has 0 saturated heterocycles. The highest BCUT2D eigenvalue weighted by atomic mass is 79.9. The summed E-state index contributed by atoms with van der Waals surface area (Å²) in [5.41, 5.74) is 14.4. The van der Waals surface area contributed by atoms with Gasteiger partial charge in [-0.15, -0.1) is 0 Å². The first-order valence-corrected chi connectivity index (χ1v) is 20.5. The lowest BCUT2D eigenvalue weighted by Gasteiger charge is -2.42. The highest BCUT2D eigenvalue weighted by molar-refractivity contribution is 9.10. The third kappa shape index (κ3) is 5.28. The van der Waals surface area contributed by atoms with E-state index in [4.69, 9.17) is 7.48 Å². The lowest BCUT2D eigenvalue weighted by atomic mass is 9.34. The Bertz CT molecular complexity index is 3440. The van der Waals surface area contributed by atoms with Crippen molar-refractivity contribution in [2.45, 2.75) is 0 Å². The Kier molecular flexibility index (Phi) is 6.88. The van der Waals surface area contributed by atoms with Gasteiger partial charge < -0.3 is 14.2 Å². The Morgan fingerprint density at radius 3 is 1.86 bits per heavy atom. The number of halogens is 1. The lowest BCUT2D eigenvalue weighted by molar-refractivity contribution is 0.491. The van der Waals surface area contributed by atoms with Gasteiger partial charge in [-0.2, -0.15) is 0 Å². The van der Waals surface area contributed by atoms with Crippen LogP contribution in [0.15, 0.2) is 211 Å². The maximum Gasteiger partial charge on any atom is 0.256 e. The van der Waals surface area contributed by atoms with Crippen molar-refractivity contribution in [2.24, 2.45) is 0 Å². The molecule has 0 unspecified atom stereocenters. The Balaban J connectivity index is 1.22. The predicted octanol–water partition coefficient (Wildman–Crippen LogP) is 13.0. The molecule has 59 heavy (non-hydrogen) atoms. The average Bonchev–Trinajstić information content (AvgIpc) is 3.69. The third-order valence-electron chi connectivity index (χ3n) is 11.8. The van der Waals surface area contributed by atoms with Crippen LogP contribution in [0.1, 0.15) is 5.48 Å². The molecule has 10 aromatic rings. The second kappa shape index (κ2) is 13.5. The van der Waals surface area contributed by atoms with Crippen molar-refractivity contribution in [1.82, 2.24) is 4.57 Å². The van der Waals surface area contributed by atoms with Gasteiger partial charge in [-0.3, -0.25) is 0 Å². The zero-order valence-electron chi connectivity index (χ0n) is 35.6. The quantitative estimate of drug-likeness (QED) is 0.161. The molecule has 2 aliphatic heterocycles. The first-order chi connectivity index (χ1) is 30.9. The number of anilines is 3. The monoisotopic (exact) mass is 820 g/mol. The van der Waals surface area contributed by atoms with Crippen LogP contribution in [0.3, 0.4) is 0 Å². The fraction of sp³-hybridized carbons (Fsp3) is 0. The van der Waals surface area contributed by atoms with Gasteiger partial charge in [0.05, 0.1) is 22.2 Å². The Morgan fingerprint density at radius 2 is 1.17 bits per heavy atom. The van der Waals surface area contributed by atoms with Crippen LogP contribution in [0.25, 0.3) is 60.9 Å². The van der Waals surface area contributed by atoms with E-state index in [0.29, 0.717) is 33.3 Å². The van der Waals surface area contributed by atoms with Crippen molar-refractivity contribution < 1.29 is 10.2 Å². The number of aromatic nitrogens is 1. The standard InChI is InChI=1S/C54H34BBrN2O/c56-39-28-31-48-46(34-39)55-45-30-29-44-43-24-13-14-27-47(43)57(40-22-11-4-12-23-40)53(44)54(45)59-50-33-38(35-16-5-1-6-17-35)32-49(51(50)55)58(48)52-41(36-18-7-2-8-19-36)25-15-26-42(52)37-20-9-3-10-21-37/h1-34H/i13D,14D,24D,27D. The fourth-order valence-corrected chi connectivity index (χ4v) is 9.71. The minimum absolute atomic E-state index is 0.0793. The zero-order chi connectivity index (χ0) is 42.5. The summed E-state index contributed by atoms with van der Waals surface area (Å²) in [7, 11) is 0. The SMILES string of the molecule is [2H]c1c([2H])c([2H])c2c(c1[2H])c1ccc3c(c1n2-c1ccccc1)Oc1cc(-c2ccccc2)cc2c1B3c1cc(Br)ccc1N2c1c(-c2ccccc2)cccc1-c1ccccc1. The Labute approximate surface area is 357 Å². The molecular formula is C54H34BBrN2O. The fourth-order valence-electron chi connectivity index (χ4n) is 9.33. The maximum atomic E-state index is 9.26. The molecule has 0 amide bonds. The van der Waals surface area contributed by atoms with Crippen LogP contribution in [-0.4, -0.2) is 11.3 Å². The van der Waals surface area contributed by atoms with Gasteiger partial charge in [0.2, 0.25) is 0 Å². The predicted molar refractivity (Wildman–Crippen MR) is 251 cm³/mol. The second-order valence-electron chi connectivity index (χ2n) is 15.1. The van der Waals surface area contributed by atoms with Gasteiger partial charge in [-0.25, -0.2) is 0 Å². The molecule has 0 aliphatic carbocycles. The van der Waals surface area contributed by atoms with Crippen molar-refractivity contribution in [3.05, 3.63) is 211 Å². The minimum atomic E-state index is -0.285. The highest BCUT2D eigenvalue weighted by Gasteiger charge is 2.44. The van der Waals surface area contributed by atoms with Crippen molar-refractivity contribution in [2.75, 3.05) is 4.90 Å². The van der Waals surface area contributed by atoms with Crippen molar-refractivity contribution in [3.8, 4) is 50.6 Å². The second-order valence-corrected chi connectivity index (χ2v) is 16.0. The van der Waals surface area contributed by atoms with E-state index in [1.54, 1.807) is 0 Å². The summed E-state index contributed by atoms with van der Waals surface area (Å²) in [6.45, 7) is -0.285. The van der Waals surface area contributed by atoms with Gasteiger partial charge in [0.25, 0.3) is 6.71 Å². The normalized spacial score (nSPS) is 13.5. The van der Waals surface area contributed by atoms with E-state index in [-0.39, 0.29) is 30.9 Å². The first kappa shape index (κ1) is 30.1. The molecule has 0 atom stereocenters. The lowest BCUT2D eigenvalue weighted by Crippen LogP contribution is -2.59. The molecule has 9 aromatic carbocycles. The van der Waals surface area contributed by atoms with Crippen molar-refractivity contribution in [1.29, 1.82) is 0 Å². The van der Waals surface area contributed by atoms with E-state index in [1.165, 1.54) is 0 Å². The van der Waals surface area contributed by atoms with E-state index in [0.717, 1.165) is 77.0 Å². The molecule has 2 aliphatic rings. The smallest absolute Gasteiger partial charge is 0.256 e. The summed E-state index contributed by atoms with van der Waals surface area (Å²) in [6.07, 6.45) is 0. The number of hydrogen-bond donors (Lipinski definition) is 0. The van der Waals surface area contributed by atoms with Gasteiger partial charge in [0.1, 0.15) is 11.5 Å². The molecule has 5 heteroatoms. The van der Waals surface area contributed by atoms with Gasteiger partial charge in [0.15, 0.2) is 0 Å². The molecule has 276 valence electrons. The van der Waals surface area contributed by atoms with Crippen LogP contribution < -0.4 is 26.0 Å². The molecule has 0 radical (unpaired) electrons. The van der Waals surface area contributed by atoms with Gasteiger partial charge in [-0.05, 0) is 81.1 Å². The number of benzene rings is 9. The third-order valence-corrected chi connectivity index (χ3v) is 12.3. The average molecular weight is 822 g/mol. The summed E-state index contributed by atoms with van der Waals surface area (Å²) in [5, 5.41) is 1.15. The maximum absolute atomic E-state index is 9.26. The van der Waals surface area contributed by atoms with E-state index in [9.17, 15) is 2.74 Å². The summed E-state index contributed by atoms with van der Waals surface area (Å²) in [5.74, 6) is 1.32. The molecule has 3 heterocycles. The minimum Gasteiger partial charge on any atom is -0.456 e. The zero-order valence-corrected chi connectivity index (χ0v) is 33.2. The van der Waals surface area contributed by atoms with Crippen LogP contribution in [0.2, 0.25) is 0 Å². The number of fused-ring (bicyclic) bond motifs is 8. The summed E-state index contributed by atoms with van der Waals surface area (Å²) in [4.78, 5) is 2.44. The number of hydrogen-bond acceptors (Lipinski definition) is 2. The molecule has 0 bridgehead atoms. The Hall–Kier alpha value is -7.08. The molecule has 1 aromatic heterocycles. The van der Waals surface area contributed by atoms with Gasteiger partial charge in [-0.1, -0.05) is 180 Å². The number of nitrogens with zero attached hydrogens (tertiary/aromatic N) is 2. The topological polar surface area (TPSA) is 17.4 Å². The van der Waals surface area contributed by atoms with E-state index < -0.39 is 0 Å².